The van der Waals surface area contributed by atoms with Gasteiger partial charge < -0.3 is 9.84 Å². The minimum atomic E-state index is 0.302. The lowest BCUT2D eigenvalue weighted by Crippen LogP contribution is -1.96. The van der Waals surface area contributed by atoms with E-state index in [0.29, 0.717) is 13.2 Å². The molecule has 0 fully saturated rings. The topological polar surface area (TPSA) is 29.5 Å². The van der Waals surface area contributed by atoms with Crippen molar-refractivity contribution < 1.29 is 9.84 Å². The Hall–Kier alpha value is -1.12. The summed E-state index contributed by atoms with van der Waals surface area (Å²) < 4.78 is 5.59. The van der Waals surface area contributed by atoms with Crippen LogP contribution < -0.4 is 0 Å². The molecule has 94 valence electrons. The predicted molar refractivity (Wildman–Crippen MR) is 71.7 cm³/mol. The zero-order valence-electron chi connectivity index (χ0n) is 10.4. The summed E-state index contributed by atoms with van der Waals surface area (Å²) in [7, 11) is 0. The fourth-order valence-corrected chi connectivity index (χ4v) is 1.61. The molecule has 17 heavy (non-hydrogen) atoms. The monoisotopic (exact) mass is 234 g/mol. The van der Waals surface area contributed by atoms with Gasteiger partial charge in [0.2, 0.25) is 0 Å². The van der Waals surface area contributed by atoms with Gasteiger partial charge in [-0.05, 0) is 24.0 Å². The highest BCUT2D eigenvalue weighted by molar-refractivity contribution is 5.47. The van der Waals surface area contributed by atoms with Crippen molar-refractivity contribution in [2.24, 2.45) is 0 Å². The van der Waals surface area contributed by atoms with Crippen LogP contribution in [0.3, 0.4) is 0 Å². The van der Waals surface area contributed by atoms with Crippen LogP contribution >= 0.6 is 0 Å². The summed E-state index contributed by atoms with van der Waals surface area (Å²) in [5.74, 6) is 0. The molecule has 0 saturated carbocycles. The Bertz CT molecular complexity index is 303. The minimum Gasteiger partial charge on any atom is -0.396 e. The third-order valence-corrected chi connectivity index (χ3v) is 2.68. The molecule has 0 aliphatic rings. The summed E-state index contributed by atoms with van der Waals surface area (Å²) in [6.07, 6.45) is 6.05. The Kier molecular flexibility index (Phi) is 7.35. The first-order valence-corrected chi connectivity index (χ1v) is 6.27. The fourth-order valence-electron chi connectivity index (χ4n) is 1.61. The molecular weight excluding hydrogens is 212 g/mol. The normalized spacial score (nSPS) is 10.4. The fraction of sp³-hybridized carbons (Fsp3) is 0.467. The smallest absolute Gasteiger partial charge is 0.0716 e. The average Bonchev–Trinajstić information content (AvgIpc) is 2.38. The van der Waals surface area contributed by atoms with Gasteiger partial charge >= 0.3 is 0 Å². The van der Waals surface area contributed by atoms with Crippen LogP contribution in [0.1, 0.15) is 36.8 Å². The standard InChI is InChI=1S/C15H22O2/c1-2-14-7-9-15(10-8-14)13-17-12-6-4-3-5-11-16/h2,7-10,16H,1,3-6,11-13H2. The van der Waals surface area contributed by atoms with E-state index in [1.54, 1.807) is 0 Å². The molecule has 0 unspecified atom stereocenters. The average molecular weight is 234 g/mol. The SMILES string of the molecule is C=Cc1ccc(COCCCCCCO)cc1. The maximum Gasteiger partial charge on any atom is 0.0716 e. The Morgan fingerprint density at radius 3 is 2.41 bits per heavy atom. The highest BCUT2D eigenvalue weighted by atomic mass is 16.5. The summed E-state index contributed by atoms with van der Waals surface area (Å²) in [5, 5.41) is 8.62. The van der Waals surface area contributed by atoms with E-state index in [2.05, 4.69) is 18.7 Å². The Labute approximate surface area is 104 Å². The molecule has 1 N–H and O–H groups in total. The number of aliphatic hydroxyl groups excluding tert-OH is 1. The molecule has 1 rings (SSSR count). The lowest BCUT2D eigenvalue weighted by atomic mass is 10.1. The van der Waals surface area contributed by atoms with Gasteiger partial charge in [-0.25, -0.2) is 0 Å². The van der Waals surface area contributed by atoms with Crippen LogP contribution in [0.25, 0.3) is 6.08 Å². The molecule has 0 radical (unpaired) electrons. The van der Waals surface area contributed by atoms with Gasteiger partial charge in [-0.2, -0.15) is 0 Å². The molecule has 0 saturated heterocycles. The van der Waals surface area contributed by atoms with E-state index in [1.165, 1.54) is 5.56 Å². The quantitative estimate of drug-likeness (QED) is 0.664. The van der Waals surface area contributed by atoms with Crippen LogP contribution in [0.2, 0.25) is 0 Å². The van der Waals surface area contributed by atoms with E-state index in [0.717, 1.165) is 37.9 Å². The molecule has 0 aromatic heterocycles. The van der Waals surface area contributed by atoms with Gasteiger partial charge in [0.1, 0.15) is 0 Å². The van der Waals surface area contributed by atoms with Crippen molar-refractivity contribution in [2.45, 2.75) is 32.3 Å². The first-order chi connectivity index (χ1) is 8.36. The third-order valence-electron chi connectivity index (χ3n) is 2.68. The van der Waals surface area contributed by atoms with Gasteiger partial charge in [0.25, 0.3) is 0 Å². The number of hydrogen-bond acceptors (Lipinski definition) is 2. The summed E-state index contributed by atoms with van der Waals surface area (Å²) in [6.45, 7) is 5.50. The van der Waals surface area contributed by atoms with Gasteiger partial charge in [-0.15, -0.1) is 0 Å². The Morgan fingerprint density at radius 1 is 1.06 bits per heavy atom. The van der Waals surface area contributed by atoms with Crippen molar-refractivity contribution in [3.63, 3.8) is 0 Å². The van der Waals surface area contributed by atoms with E-state index in [4.69, 9.17) is 9.84 Å². The van der Waals surface area contributed by atoms with E-state index in [9.17, 15) is 0 Å². The maximum absolute atomic E-state index is 8.62. The van der Waals surface area contributed by atoms with Gasteiger partial charge in [0.15, 0.2) is 0 Å². The first kappa shape index (κ1) is 13.9. The predicted octanol–water partition coefficient (Wildman–Crippen LogP) is 3.40. The van der Waals surface area contributed by atoms with E-state index in [1.807, 2.05) is 18.2 Å². The van der Waals surface area contributed by atoms with Crippen molar-refractivity contribution in [1.29, 1.82) is 0 Å². The molecular formula is C15H22O2. The van der Waals surface area contributed by atoms with Crippen molar-refractivity contribution >= 4 is 6.08 Å². The summed E-state index contributed by atoms with van der Waals surface area (Å²) in [4.78, 5) is 0. The molecule has 0 spiro atoms. The second kappa shape index (κ2) is 8.97. The highest BCUT2D eigenvalue weighted by Gasteiger charge is 1.94. The largest absolute Gasteiger partial charge is 0.396 e. The summed E-state index contributed by atoms with van der Waals surface area (Å²) in [6, 6.07) is 8.24. The zero-order chi connectivity index (χ0) is 12.3. The molecule has 0 amide bonds. The van der Waals surface area contributed by atoms with Crippen LogP contribution in [-0.4, -0.2) is 18.3 Å². The molecule has 2 nitrogen and oxygen atoms in total. The molecule has 0 bridgehead atoms. The van der Waals surface area contributed by atoms with Crippen LogP contribution in [-0.2, 0) is 11.3 Å². The number of ether oxygens (including phenoxy) is 1. The number of aliphatic hydroxyl groups is 1. The lowest BCUT2D eigenvalue weighted by molar-refractivity contribution is 0.116. The second-order valence-electron chi connectivity index (χ2n) is 4.14. The molecule has 2 heteroatoms. The van der Waals surface area contributed by atoms with E-state index in [-0.39, 0.29) is 0 Å². The third kappa shape index (κ3) is 6.25. The molecule has 0 aliphatic heterocycles. The maximum atomic E-state index is 8.62. The van der Waals surface area contributed by atoms with Crippen molar-refractivity contribution in [1.82, 2.24) is 0 Å². The highest BCUT2D eigenvalue weighted by Crippen LogP contribution is 2.07. The molecule has 0 heterocycles. The number of benzene rings is 1. The first-order valence-electron chi connectivity index (χ1n) is 6.27. The Morgan fingerprint density at radius 2 is 1.76 bits per heavy atom. The molecule has 1 aromatic carbocycles. The number of rotatable bonds is 9. The van der Waals surface area contributed by atoms with Crippen LogP contribution in [0.5, 0.6) is 0 Å². The lowest BCUT2D eigenvalue weighted by Gasteiger charge is -2.04. The van der Waals surface area contributed by atoms with E-state index >= 15 is 0 Å². The van der Waals surface area contributed by atoms with Gasteiger partial charge in [-0.1, -0.05) is 49.8 Å². The summed E-state index contributed by atoms with van der Waals surface area (Å²) >= 11 is 0. The van der Waals surface area contributed by atoms with Crippen molar-refractivity contribution in [3.05, 3.63) is 42.0 Å². The molecule has 1 aromatic rings. The van der Waals surface area contributed by atoms with Gasteiger partial charge in [-0.3, -0.25) is 0 Å². The van der Waals surface area contributed by atoms with Gasteiger partial charge in [0.05, 0.1) is 6.61 Å². The Balaban J connectivity index is 2.07. The summed E-state index contributed by atoms with van der Waals surface area (Å²) in [5.41, 5.74) is 2.34. The minimum absolute atomic E-state index is 0.302. The zero-order valence-corrected chi connectivity index (χ0v) is 10.4. The van der Waals surface area contributed by atoms with Crippen molar-refractivity contribution in [2.75, 3.05) is 13.2 Å². The van der Waals surface area contributed by atoms with E-state index < -0.39 is 0 Å². The molecule has 0 atom stereocenters. The van der Waals surface area contributed by atoms with Crippen molar-refractivity contribution in [3.8, 4) is 0 Å². The van der Waals surface area contributed by atoms with Crippen LogP contribution in [0.4, 0.5) is 0 Å². The van der Waals surface area contributed by atoms with Crippen LogP contribution in [0, 0.1) is 0 Å². The number of hydrogen-bond donors (Lipinski definition) is 1. The number of unbranched alkanes of at least 4 members (excludes halogenated alkanes) is 3. The van der Waals surface area contributed by atoms with Gasteiger partial charge in [0, 0.05) is 13.2 Å². The second-order valence-corrected chi connectivity index (χ2v) is 4.14. The van der Waals surface area contributed by atoms with Crippen LogP contribution in [0.15, 0.2) is 30.8 Å². The molecule has 0 aliphatic carbocycles.